The van der Waals surface area contributed by atoms with Gasteiger partial charge in [-0.3, -0.25) is 9.59 Å². The van der Waals surface area contributed by atoms with Crippen LogP contribution < -0.4 is 5.32 Å². The summed E-state index contributed by atoms with van der Waals surface area (Å²) in [6, 6.07) is 18.0. The zero-order valence-corrected chi connectivity index (χ0v) is 20.5. The van der Waals surface area contributed by atoms with Crippen LogP contribution in [0, 0.1) is 0 Å². The average molecular weight is 504 g/mol. The normalized spacial score (nSPS) is 14.9. The van der Waals surface area contributed by atoms with E-state index in [0.717, 1.165) is 34.4 Å². The van der Waals surface area contributed by atoms with E-state index in [4.69, 9.17) is 0 Å². The van der Waals surface area contributed by atoms with Crippen LogP contribution in [0.15, 0.2) is 59.1 Å². The van der Waals surface area contributed by atoms with Crippen LogP contribution in [-0.4, -0.2) is 34.6 Å². The molecule has 2 aromatic rings. The first-order chi connectivity index (χ1) is 15.0. The van der Waals surface area contributed by atoms with E-state index in [2.05, 4.69) is 33.4 Å². The zero-order valence-electron chi connectivity index (χ0n) is 18.1. The van der Waals surface area contributed by atoms with E-state index >= 15 is 0 Å². The number of benzene rings is 2. The Morgan fingerprint density at radius 1 is 1.10 bits per heavy atom. The third-order valence-corrected chi connectivity index (χ3v) is 7.21. The standard InChI is InChI=1S/C25H31BrN2O2S/c1-19(25(30)27-23-12-5-6-13-23)28(17-21-10-7-11-22(26)16-21)24(29)14-15-31-18-20-8-3-2-4-9-20/h2-4,7-11,16,19,23H,5-6,12-15,17-18H2,1H3,(H,27,30)/t19-/m1/s1. The molecule has 3 rings (SSSR count). The van der Waals surface area contributed by atoms with Gasteiger partial charge in [0.1, 0.15) is 6.04 Å². The molecule has 1 aliphatic carbocycles. The highest BCUT2D eigenvalue weighted by molar-refractivity contribution is 9.10. The lowest BCUT2D eigenvalue weighted by Crippen LogP contribution is -2.49. The van der Waals surface area contributed by atoms with Crippen LogP contribution in [-0.2, 0) is 21.9 Å². The van der Waals surface area contributed by atoms with E-state index < -0.39 is 6.04 Å². The van der Waals surface area contributed by atoms with Gasteiger partial charge in [0.05, 0.1) is 0 Å². The van der Waals surface area contributed by atoms with Gasteiger partial charge in [0, 0.05) is 35.0 Å². The SMILES string of the molecule is C[C@H](C(=O)NC1CCCC1)N(Cc1cccc(Br)c1)C(=O)CCSCc1ccccc1. The van der Waals surface area contributed by atoms with E-state index in [9.17, 15) is 9.59 Å². The van der Waals surface area contributed by atoms with Gasteiger partial charge in [0.15, 0.2) is 0 Å². The van der Waals surface area contributed by atoms with Crippen molar-refractivity contribution >= 4 is 39.5 Å². The summed E-state index contributed by atoms with van der Waals surface area (Å²) in [4.78, 5) is 27.8. The Hall–Kier alpha value is -1.79. The van der Waals surface area contributed by atoms with Crippen molar-refractivity contribution in [3.8, 4) is 0 Å². The number of hydrogen-bond donors (Lipinski definition) is 1. The van der Waals surface area contributed by atoms with Crippen molar-refractivity contribution in [2.45, 2.75) is 63.4 Å². The molecular formula is C25H31BrN2O2S. The third kappa shape index (κ3) is 7.69. The molecule has 6 heteroatoms. The van der Waals surface area contributed by atoms with Crippen LogP contribution in [0.4, 0.5) is 0 Å². The van der Waals surface area contributed by atoms with Crippen molar-refractivity contribution < 1.29 is 9.59 Å². The molecule has 0 radical (unpaired) electrons. The number of nitrogens with one attached hydrogen (secondary N) is 1. The number of hydrogen-bond acceptors (Lipinski definition) is 3. The minimum atomic E-state index is -0.494. The highest BCUT2D eigenvalue weighted by Crippen LogP contribution is 2.20. The molecule has 166 valence electrons. The number of amides is 2. The fourth-order valence-corrected chi connectivity index (χ4v) is 5.21. The smallest absolute Gasteiger partial charge is 0.242 e. The molecule has 0 unspecified atom stereocenters. The predicted molar refractivity (Wildman–Crippen MR) is 132 cm³/mol. The Bertz CT molecular complexity index is 856. The first-order valence-corrected chi connectivity index (χ1v) is 12.9. The lowest BCUT2D eigenvalue weighted by Gasteiger charge is -2.30. The van der Waals surface area contributed by atoms with Crippen molar-refractivity contribution in [1.82, 2.24) is 10.2 Å². The summed E-state index contributed by atoms with van der Waals surface area (Å²) in [7, 11) is 0. The molecule has 2 aromatic carbocycles. The van der Waals surface area contributed by atoms with Crippen molar-refractivity contribution in [3.05, 3.63) is 70.2 Å². The summed E-state index contributed by atoms with van der Waals surface area (Å²) in [5.74, 6) is 1.60. The molecule has 4 nitrogen and oxygen atoms in total. The third-order valence-electron chi connectivity index (χ3n) is 5.68. The molecule has 0 saturated heterocycles. The van der Waals surface area contributed by atoms with Crippen molar-refractivity contribution in [2.75, 3.05) is 5.75 Å². The van der Waals surface area contributed by atoms with Crippen LogP contribution in [0.2, 0.25) is 0 Å². The molecule has 31 heavy (non-hydrogen) atoms. The first kappa shape index (κ1) is 23.9. The van der Waals surface area contributed by atoms with Crippen LogP contribution in [0.1, 0.15) is 50.2 Å². The van der Waals surface area contributed by atoms with Crippen molar-refractivity contribution in [1.29, 1.82) is 0 Å². The van der Waals surface area contributed by atoms with Gasteiger partial charge in [-0.05, 0) is 43.0 Å². The second kappa shape index (κ2) is 12.3. The number of rotatable bonds is 10. The molecule has 0 spiro atoms. The lowest BCUT2D eigenvalue weighted by molar-refractivity contribution is -0.140. The minimum absolute atomic E-state index is 0.0228. The molecular weight excluding hydrogens is 472 g/mol. The van der Waals surface area contributed by atoms with Gasteiger partial charge in [-0.25, -0.2) is 0 Å². The predicted octanol–water partition coefficient (Wildman–Crippen LogP) is 5.55. The van der Waals surface area contributed by atoms with E-state index in [-0.39, 0.29) is 17.9 Å². The Morgan fingerprint density at radius 2 is 1.81 bits per heavy atom. The number of halogens is 1. The van der Waals surface area contributed by atoms with Gasteiger partial charge < -0.3 is 10.2 Å². The quantitative estimate of drug-likeness (QED) is 0.433. The van der Waals surface area contributed by atoms with Gasteiger partial charge >= 0.3 is 0 Å². The Kier molecular flexibility index (Phi) is 9.47. The monoisotopic (exact) mass is 502 g/mol. The maximum Gasteiger partial charge on any atom is 0.242 e. The molecule has 0 bridgehead atoms. The fraction of sp³-hybridized carbons (Fsp3) is 0.440. The van der Waals surface area contributed by atoms with Gasteiger partial charge in [-0.2, -0.15) is 11.8 Å². The van der Waals surface area contributed by atoms with Gasteiger partial charge in [0.25, 0.3) is 0 Å². The maximum absolute atomic E-state index is 13.1. The summed E-state index contributed by atoms with van der Waals surface area (Å²) in [5, 5.41) is 3.15. The molecule has 0 aliphatic heterocycles. The molecule has 0 heterocycles. The second-order valence-electron chi connectivity index (χ2n) is 8.11. The number of carbonyl (C=O) groups excluding carboxylic acids is 2. The molecule has 0 aromatic heterocycles. The summed E-state index contributed by atoms with van der Waals surface area (Å²) < 4.78 is 0.971. The second-order valence-corrected chi connectivity index (χ2v) is 10.1. The highest BCUT2D eigenvalue weighted by atomic mass is 79.9. The van der Waals surface area contributed by atoms with E-state index in [1.807, 2.05) is 49.4 Å². The number of thioether (sulfide) groups is 1. The van der Waals surface area contributed by atoms with E-state index in [0.29, 0.717) is 13.0 Å². The van der Waals surface area contributed by atoms with Crippen LogP contribution in [0.5, 0.6) is 0 Å². The molecule has 1 saturated carbocycles. The minimum Gasteiger partial charge on any atom is -0.352 e. The number of carbonyl (C=O) groups is 2. The van der Waals surface area contributed by atoms with Gasteiger partial charge in [0.2, 0.25) is 11.8 Å². The molecule has 1 atom stereocenters. The molecule has 2 amide bonds. The number of nitrogens with zero attached hydrogens (tertiary/aromatic N) is 1. The average Bonchev–Trinajstić information content (AvgIpc) is 3.28. The van der Waals surface area contributed by atoms with Crippen molar-refractivity contribution in [3.63, 3.8) is 0 Å². The summed E-state index contributed by atoms with van der Waals surface area (Å²) in [5.41, 5.74) is 2.27. The largest absolute Gasteiger partial charge is 0.352 e. The fourth-order valence-electron chi connectivity index (χ4n) is 3.87. The molecule has 1 N–H and O–H groups in total. The maximum atomic E-state index is 13.1. The first-order valence-electron chi connectivity index (χ1n) is 11.0. The molecule has 1 aliphatic rings. The summed E-state index contributed by atoms with van der Waals surface area (Å²) in [6.45, 7) is 2.28. The van der Waals surface area contributed by atoms with Crippen LogP contribution in [0.3, 0.4) is 0 Å². The van der Waals surface area contributed by atoms with Gasteiger partial charge in [-0.1, -0.05) is 71.2 Å². The van der Waals surface area contributed by atoms with E-state index in [1.165, 1.54) is 18.4 Å². The van der Waals surface area contributed by atoms with E-state index in [1.54, 1.807) is 16.7 Å². The van der Waals surface area contributed by atoms with Crippen molar-refractivity contribution in [2.24, 2.45) is 0 Å². The van der Waals surface area contributed by atoms with Crippen LogP contribution >= 0.6 is 27.7 Å². The van der Waals surface area contributed by atoms with Crippen LogP contribution in [0.25, 0.3) is 0 Å². The summed E-state index contributed by atoms with van der Waals surface area (Å²) in [6.07, 6.45) is 4.83. The Labute approximate surface area is 198 Å². The zero-order chi connectivity index (χ0) is 22.1. The Morgan fingerprint density at radius 3 is 2.52 bits per heavy atom. The Balaban J connectivity index is 1.60. The lowest BCUT2D eigenvalue weighted by atomic mass is 10.1. The topological polar surface area (TPSA) is 49.4 Å². The molecule has 1 fully saturated rings. The van der Waals surface area contributed by atoms with Gasteiger partial charge in [-0.15, -0.1) is 0 Å². The highest BCUT2D eigenvalue weighted by Gasteiger charge is 2.28. The summed E-state index contributed by atoms with van der Waals surface area (Å²) >= 11 is 5.25.